The zero-order valence-electron chi connectivity index (χ0n) is 8.58. The van der Waals surface area contributed by atoms with Crippen LogP contribution in [0.3, 0.4) is 0 Å². The average Bonchev–Trinajstić information content (AvgIpc) is 2.20. The monoisotopic (exact) mass is 213 g/mol. The maximum atomic E-state index is 11.4. The zero-order chi connectivity index (χ0) is 11.4. The predicted octanol–water partition coefficient (Wildman–Crippen LogP) is -1.35. The molecule has 15 heavy (non-hydrogen) atoms. The van der Waals surface area contributed by atoms with Crippen LogP contribution in [-0.4, -0.2) is 29.8 Å². The maximum absolute atomic E-state index is 11.4. The molecule has 1 rings (SSSR count). The maximum Gasteiger partial charge on any atom is 0.249 e. The fourth-order valence-corrected chi connectivity index (χ4v) is 1.30. The van der Waals surface area contributed by atoms with E-state index in [0.29, 0.717) is 12.8 Å². The van der Waals surface area contributed by atoms with Gasteiger partial charge in [0.1, 0.15) is 6.04 Å². The van der Waals surface area contributed by atoms with Crippen molar-refractivity contribution in [2.24, 2.45) is 5.73 Å². The summed E-state index contributed by atoms with van der Waals surface area (Å²) in [5.41, 5.74) is 5.50. The van der Waals surface area contributed by atoms with Crippen LogP contribution < -0.4 is 16.4 Å². The van der Waals surface area contributed by atoms with Crippen LogP contribution >= 0.6 is 0 Å². The van der Waals surface area contributed by atoms with Gasteiger partial charge in [-0.25, -0.2) is 0 Å². The van der Waals surface area contributed by atoms with Gasteiger partial charge in [-0.05, 0) is 12.8 Å². The van der Waals surface area contributed by atoms with Crippen LogP contribution in [0.1, 0.15) is 26.2 Å². The van der Waals surface area contributed by atoms with Crippen molar-refractivity contribution in [1.29, 1.82) is 0 Å². The van der Waals surface area contributed by atoms with Gasteiger partial charge in [0.15, 0.2) is 0 Å². The van der Waals surface area contributed by atoms with E-state index in [1.807, 2.05) is 0 Å². The molecule has 1 saturated heterocycles. The lowest BCUT2D eigenvalue weighted by Crippen LogP contribution is -2.55. The van der Waals surface area contributed by atoms with E-state index in [1.165, 1.54) is 0 Å². The molecular weight excluding hydrogens is 198 g/mol. The molecule has 0 aromatic heterocycles. The second-order valence-corrected chi connectivity index (χ2v) is 3.53. The molecule has 0 aromatic carbocycles. The summed E-state index contributed by atoms with van der Waals surface area (Å²) in [6.45, 7) is 1.79. The number of hydrogen-bond acceptors (Lipinski definition) is 4. The first kappa shape index (κ1) is 11.6. The Morgan fingerprint density at radius 3 is 2.87 bits per heavy atom. The highest BCUT2D eigenvalue weighted by Gasteiger charge is 2.28. The fraction of sp³-hybridized carbons (Fsp3) is 0.667. The standard InChI is InChI=1S/C9H15N3O3/c1-2-5(10)8(14)11-6-3-4-7(13)12-9(6)15/h5-6H,2-4,10H2,1H3,(H,11,14)(H,12,13,15). The molecule has 6 heteroatoms. The quantitative estimate of drug-likeness (QED) is 0.504. The van der Waals surface area contributed by atoms with Gasteiger partial charge in [0.05, 0.1) is 6.04 Å². The minimum Gasteiger partial charge on any atom is -0.343 e. The van der Waals surface area contributed by atoms with Gasteiger partial charge in [0, 0.05) is 6.42 Å². The first-order valence-corrected chi connectivity index (χ1v) is 4.94. The minimum absolute atomic E-state index is 0.248. The van der Waals surface area contributed by atoms with Crippen molar-refractivity contribution >= 4 is 17.7 Å². The van der Waals surface area contributed by atoms with Crippen molar-refractivity contribution in [3.63, 3.8) is 0 Å². The number of nitrogens with two attached hydrogens (primary N) is 1. The van der Waals surface area contributed by atoms with Gasteiger partial charge in [0.2, 0.25) is 17.7 Å². The van der Waals surface area contributed by atoms with Crippen LogP contribution in [0.25, 0.3) is 0 Å². The molecule has 6 nitrogen and oxygen atoms in total. The smallest absolute Gasteiger partial charge is 0.249 e. The predicted molar refractivity (Wildman–Crippen MR) is 52.6 cm³/mol. The summed E-state index contributed by atoms with van der Waals surface area (Å²) < 4.78 is 0. The number of nitrogens with one attached hydrogen (secondary N) is 2. The van der Waals surface area contributed by atoms with Crippen molar-refractivity contribution in [2.75, 3.05) is 0 Å². The number of rotatable bonds is 3. The number of piperidine rings is 1. The number of imide groups is 1. The number of carbonyl (C=O) groups excluding carboxylic acids is 3. The molecule has 1 aliphatic rings. The number of amides is 3. The molecule has 0 radical (unpaired) electrons. The molecule has 2 atom stereocenters. The third kappa shape index (κ3) is 3.02. The molecule has 0 saturated carbocycles. The molecule has 2 unspecified atom stereocenters. The first-order valence-electron chi connectivity index (χ1n) is 4.94. The molecule has 0 aliphatic carbocycles. The molecule has 0 aromatic rings. The summed E-state index contributed by atoms with van der Waals surface area (Å²) in [4.78, 5) is 33.5. The Labute approximate surface area is 87.6 Å². The molecule has 0 spiro atoms. The van der Waals surface area contributed by atoms with Gasteiger partial charge in [-0.1, -0.05) is 6.92 Å². The first-order chi connectivity index (χ1) is 7.04. The van der Waals surface area contributed by atoms with E-state index < -0.39 is 18.0 Å². The lowest BCUT2D eigenvalue weighted by Gasteiger charge is -2.23. The van der Waals surface area contributed by atoms with Crippen molar-refractivity contribution in [3.05, 3.63) is 0 Å². The summed E-state index contributed by atoms with van der Waals surface area (Å²) in [7, 11) is 0. The summed E-state index contributed by atoms with van der Waals surface area (Å²) in [6.07, 6.45) is 1.10. The van der Waals surface area contributed by atoms with Gasteiger partial charge in [-0.3, -0.25) is 19.7 Å². The van der Waals surface area contributed by atoms with Crippen molar-refractivity contribution in [2.45, 2.75) is 38.3 Å². The lowest BCUT2D eigenvalue weighted by molar-refractivity contribution is -0.137. The summed E-state index contributed by atoms with van der Waals surface area (Å²) >= 11 is 0. The zero-order valence-corrected chi connectivity index (χ0v) is 8.58. The van der Waals surface area contributed by atoms with E-state index in [0.717, 1.165) is 0 Å². The molecule has 3 amide bonds. The van der Waals surface area contributed by atoms with Crippen LogP contribution in [-0.2, 0) is 14.4 Å². The summed E-state index contributed by atoms with van der Waals surface area (Å²) in [6, 6.07) is -1.23. The summed E-state index contributed by atoms with van der Waals surface area (Å²) in [5.74, 6) is -1.11. The third-order valence-electron chi connectivity index (χ3n) is 2.33. The van der Waals surface area contributed by atoms with Gasteiger partial charge >= 0.3 is 0 Å². The SMILES string of the molecule is CCC(N)C(=O)NC1CCC(=O)NC1=O. The highest BCUT2D eigenvalue weighted by molar-refractivity contribution is 6.01. The largest absolute Gasteiger partial charge is 0.343 e. The lowest BCUT2D eigenvalue weighted by atomic mass is 10.1. The second-order valence-electron chi connectivity index (χ2n) is 3.53. The number of carbonyl (C=O) groups is 3. The Morgan fingerprint density at radius 2 is 2.33 bits per heavy atom. The topological polar surface area (TPSA) is 101 Å². The molecule has 1 aliphatic heterocycles. The van der Waals surface area contributed by atoms with Crippen molar-refractivity contribution < 1.29 is 14.4 Å². The van der Waals surface area contributed by atoms with E-state index in [-0.39, 0.29) is 18.2 Å². The molecule has 84 valence electrons. The Hall–Kier alpha value is -1.43. The van der Waals surface area contributed by atoms with Crippen molar-refractivity contribution in [1.82, 2.24) is 10.6 Å². The third-order valence-corrected chi connectivity index (χ3v) is 2.33. The second kappa shape index (κ2) is 4.88. The van der Waals surface area contributed by atoms with Gasteiger partial charge in [-0.2, -0.15) is 0 Å². The van der Waals surface area contributed by atoms with E-state index in [1.54, 1.807) is 6.92 Å². The average molecular weight is 213 g/mol. The van der Waals surface area contributed by atoms with Gasteiger partial charge < -0.3 is 11.1 Å². The normalized spacial score (nSPS) is 23.2. The molecule has 0 bridgehead atoms. The van der Waals surface area contributed by atoms with E-state index in [2.05, 4.69) is 10.6 Å². The van der Waals surface area contributed by atoms with Crippen LogP contribution in [0.15, 0.2) is 0 Å². The summed E-state index contributed by atoms with van der Waals surface area (Å²) in [5, 5.41) is 4.67. The molecule has 4 N–H and O–H groups in total. The Morgan fingerprint density at radius 1 is 1.67 bits per heavy atom. The Balaban J connectivity index is 2.48. The van der Waals surface area contributed by atoms with Gasteiger partial charge in [-0.15, -0.1) is 0 Å². The molecule has 1 fully saturated rings. The van der Waals surface area contributed by atoms with Gasteiger partial charge in [0.25, 0.3) is 0 Å². The highest BCUT2D eigenvalue weighted by atomic mass is 16.2. The Bertz CT molecular complexity index is 290. The number of hydrogen-bond donors (Lipinski definition) is 3. The van der Waals surface area contributed by atoms with Crippen molar-refractivity contribution in [3.8, 4) is 0 Å². The van der Waals surface area contributed by atoms with E-state index in [9.17, 15) is 14.4 Å². The Kier molecular flexibility index (Phi) is 3.79. The minimum atomic E-state index is -0.632. The highest BCUT2D eigenvalue weighted by Crippen LogP contribution is 2.04. The van der Waals surface area contributed by atoms with E-state index in [4.69, 9.17) is 5.73 Å². The van der Waals surface area contributed by atoms with Crippen LogP contribution in [0.5, 0.6) is 0 Å². The molecule has 1 heterocycles. The molecular formula is C9H15N3O3. The van der Waals surface area contributed by atoms with Crippen LogP contribution in [0.4, 0.5) is 0 Å². The van der Waals surface area contributed by atoms with Crippen LogP contribution in [0, 0.1) is 0 Å². The van der Waals surface area contributed by atoms with E-state index >= 15 is 0 Å². The van der Waals surface area contributed by atoms with Crippen LogP contribution in [0.2, 0.25) is 0 Å². The fourth-order valence-electron chi connectivity index (χ4n) is 1.30.